The highest BCUT2D eigenvalue weighted by molar-refractivity contribution is 14.1. The Morgan fingerprint density at radius 1 is 0.933 bits per heavy atom. The lowest BCUT2D eigenvalue weighted by molar-refractivity contribution is 0.508. The predicted molar refractivity (Wildman–Crippen MR) is 141 cm³/mol. The van der Waals surface area contributed by atoms with Crippen molar-refractivity contribution in [2.45, 2.75) is 39.2 Å². The van der Waals surface area contributed by atoms with Gasteiger partial charge in [-0.1, -0.05) is 110 Å². The van der Waals surface area contributed by atoms with E-state index in [1.807, 2.05) is 12.1 Å². The minimum atomic E-state index is -2.66. The molecule has 156 valence electrons. The van der Waals surface area contributed by atoms with Gasteiger partial charge in [-0.3, -0.25) is 0 Å². The molecular weight excluding hydrogens is 497 g/mol. The van der Waals surface area contributed by atoms with E-state index in [9.17, 15) is 0 Å². The van der Waals surface area contributed by atoms with Crippen LogP contribution in [0.2, 0.25) is 5.04 Å². The van der Waals surface area contributed by atoms with Crippen molar-refractivity contribution in [1.29, 1.82) is 0 Å². The van der Waals surface area contributed by atoms with Crippen molar-refractivity contribution in [2.75, 3.05) is 5.73 Å². The Kier molecular flexibility index (Phi) is 7.09. The van der Waals surface area contributed by atoms with Gasteiger partial charge in [0, 0.05) is 11.8 Å². The molecule has 0 fully saturated rings. The maximum absolute atomic E-state index is 7.11. The zero-order chi connectivity index (χ0) is 21.8. The van der Waals surface area contributed by atoms with Crippen molar-refractivity contribution in [1.82, 2.24) is 0 Å². The standard InChI is InChI=1S/C26H30INOSi/c1-20(19-27)15-21-16-22(28)18-23(17-21)29-30(26(2,3)4,24-11-7-5-8-12-24)25-13-9-6-10-14-25/h5-14,16-19H,15,28H2,1-4H3/b20-19+. The van der Waals surface area contributed by atoms with Crippen LogP contribution in [0.3, 0.4) is 0 Å². The summed E-state index contributed by atoms with van der Waals surface area (Å²) in [6, 6.07) is 27.5. The van der Waals surface area contributed by atoms with Gasteiger partial charge in [-0.05, 0) is 50.5 Å². The van der Waals surface area contributed by atoms with E-state index in [4.69, 9.17) is 10.2 Å². The monoisotopic (exact) mass is 527 g/mol. The molecule has 0 amide bonds. The molecule has 0 unspecified atom stereocenters. The number of halogens is 1. The van der Waals surface area contributed by atoms with E-state index < -0.39 is 8.32 Å². The molecule has 30 heavy (non-hydrogen) atoms. The smallest absolute Gasteiger partial charge is 0.319 e. The van der Waals surface area contributed by atoms with Crippen molar-refractivity contribution in [2.24, 2.45) is 0 Å². The first kappa shape index (κ1) is 22.6. The molecule has 0 aliphatic heterocycles. The fourth-order valence-corrected chi connectivity index (χ4v) is 8.66. The number of hydrogen-bond acceptors (Lipinski definition) is 2. The Labute approximate surface area is 195 Å². The Balaban J connectivity index is 2.20. The van der Waals surface area contributed by atoms with Gasteiger partial charge in [0.2, 0.25) is 0 Å². The molecule has 0 atom stereocenters. The largest absolute Gasteiger partial charge is 0.534 e. The summed E-state index contributed by atoms with van der Waals surface area (Å²) in [7, 11) is -2.66. The van der Waals surface area contributed by atoms with Crippen LogP contribution in [-0.2, 0) is 6.42 Å². The van der Waals surface area contributed by atoms with E-state index in [1.54, 1.807) is 0 Å². The number of anilines is 1. The average Bonchev–Trinajstić information content (AvgIpc) is 2.72. The van der Waals surface area contributed by atoms with E-state index in [1.165, 1.54) is 21.5 Å². The van der Waals surface area contributed by atoms with Gasteiger partial charge in [0.25, 0.3) is 0 Å². The number of benzene rings is 3. The molecule has 2 N–H and O–H groups in total. The van der Waals surface area contributed by atoms with Crippen LogP contribution < -0.4 is 20.5 Å². The third-order valence-corrected chi connectivity index (χ3v) is 11.4. The molecule has 0 aromatic heterocycles. The summed E-state index contributed by atoms with van der Waals surface area (Å²) in [5.41, 5.74) is 9.51. The average molecular weight is 528 g/mol. The number of rotatable bonds is 6. The first-order valence-corrected chi connectivity index (χ1v) is 13.4. The van der Waals surface area contributed by atoms with Gasteiger partial charge in [-0.2, -0.15) is 0 Å². The van der Waals surface area contributed by atoms with E-state index in [0.29, 0.717) is 0 Å². The van der Waals surface area contributed by atoms with Crippen LogP contribution in [-0.4, -0.2) is 8.32 Å². The van der Waals surface area contributed by atoms with Gasteiger partial charge in [0.1, 0.15) is 5.75 Å². The fourth-order valence-electron chi connectivity index (χ4n) is 4.03. The number of allylic oxidation sites excluding steroid dienone is 1. The molecule has 0 aliphatic rings. The maximum Gasteiger partial charge on any atom is 0.319 e. The minimum absolute atomic E-state index is 0.0848. The van der Waals surface area contributed by atoms with Crippen LogP contribution in [0.5, 0.6) is 5.75 Å². The van der Waals surface area contributed by atoms with E-state index in [2.05, 4.69) is 121 Å². The quantitative estimate of drug-likeness (QED) is 0.239. The summed E-state index contributed by atoms with van der Waals surface area (Å²) in [6.07, 6.45) is 0.866. The molecule has 3 aromatic carbocycles. The normalized spacial score (nSPS) is 12.6. The Morgan fingerprint density at radius 2 is 1.47 bits per heavy atom. The summed E-state index contributed by atoms with van der Waals surface area (Å²) >= 11 is 2.29. The van der Waals surface area contributed by atoms with Crippen LogP contribution in [0, 0.1) is 0 Å². The zero-order valence-corrected chi connectivity index (χ0v) is 21.3. The van der Waals surface area contributed by atoms with E-state index in [0.717, 1.165) is 17.9 Å². The number of nitrogen functional groups attached to an aromatic ring is 1. The van der Waals surface area contributed by atoms with Crippen LogP contribution in [0.15, 0.2) is 88.5 Å². The Hall–Kier alpha value is -2.05. The Morgan fingerprint density at radius 3 is 1.93 bits per heavy atom. The lowest BCUT2D eigenvalue weighted by Gasteiger charge is -2.43. The highest BCUT2D eigenvalue weighted by Crippen LogP contribution is 2.38. The minimum Gasteiger partial charge on any atom is -0.534 e. The first-order chi connectivity index (χ1) is 14.3. The predicted octanol–water partition coefficient (Wildman–Crippen LogP) is 6.09. The molecule has 4 heteroatoms. The summed E-state index contributed by atoms with van der Waals surface area (Å²) < 4.78 is 9.23. The van der Waals surface area contributed by atoms with Gasteiger partial charge in [0.05, 0.1) is 0 Å². The lowest BCUT2D eigenvalue weighted by Crippen LogP contribution is -2.68. The summed E-state index contributed by atoms with van der Waals surface area (Å²) in [5.74, 6) is 0.848. The van der Waals surface area contributed by atoms with Gasteiger partial charge < -0.3 is 10.2 Å². The highest BCUT2D eigenvalue weighted by Gasteiger charge is 2.52. The van der Waals surface area contributed by atoms with Crippen molar-refractivity contribution < 1.29 is 4.43 Å². The summed E-state index contributed by atoms with van der Waals surface area (Å²) in [6.45, 7) is 9.00. The highest BCUT2D eigenvalue weighted by atomic mass is 127. The van der Waals surface area contributed by atoms with Gasteiger partial charge in [0.15, 0.2) is 0 Å². The first-order valence-electron chi connectivity index (χ1n) is 10.2. The Bertz CT molecular complexity index is 971. The molecule has 2 nitrogen and oxygen atoms in total. The molecule has 0 radical (unpaired) electrons. The second-order valence-corrected chi connectivity index (χ2v) is 13.7. The van der Waals surface area contributed by atoms with Crippen molar-refractivity contribution in [3.05, 3.63) is 94.1 Å². The number of nitrogens with two attached hydrogens (primary N) is 1. The van der Waals surface area contributed by atoms with Gasteiger partial charge >= 0.3 is 8.32 Å². The van der Waals surface area contributed by atoms with Crippen molar-refractivity contribution in [3.63, 3.8) is 0 Å². The third kappa shape index (κ3) is 4.81. The second kappa shape index (κ2) is 9.39. The zero-order valence-electron chi connectivity index (χ0n) is 18.2. The molecular formula is C26H30INOSi. The summed E-state index contributed by atoms with van der Waals surface area (Å²) in [4.78, 5) is 0. The third-order valence-electron chi connectivity index (χ3n) is 5.35. The van der Waals surface area contributed by atoms with Crippen molar-refractivity contribution in [3.8, 4) is 5.75 Å². The molecule has 0 bridgehead atoms. The molecule has 0 spiro atoms. The number of hydrogen-bond donors (Lipinski definition) is 1. The fraction of sp³-hybridized carbons (Fsp3) is 0.231. The van der Waals surface area contributed by atoms with Crippen LogP contribution in [0.1, 0.15) is 33.3 Å². The molecule has 0 saturated heterocycles. The molecule has 0 saturated carbocycles. The molecule has 3 aromatic rings. The molecule has 3 rings (SSSR count). The summed E-state index contributed by atoms with van der Waals surface area (Å²) in [5, 5.41) is 2.44. The second-order valence-electron chi connectivity index (χ2n) is 8.81. The maximum atomic E-state index is 7.11. The molecule has 0 aliphatic carbocycles. The van der Waals surface area contributed by atoms with E-state index >= 15 is 0 Å². The molecule has 0 heterocycles. The van der Waals surface area contributed by atoms with Crippen molar-refractivity contribution >= 4 is 47.0 Å². The topological polar surface area (TPSA) is 35.2 Å². The van der Waals surface area contributed by atoms with Crippen LogP contribution in [0.25, 0.3) is 0 Å². The lowest BCUT2D eigenvalue weighted by atomic mass is 10.1. The van der Waals surface area contributed by atoms with Crippen LogP contribution in [0.4, 0.5) is 5.69 Å². The SMILES string of the molecule is C/C(=C\I)Cc1cc(N)cc(O[Si](c2ccccc2)(c2ccccc2)C(C)(C)C)c1. The van der Waals surface area contributed by atoms with Gasteiger partial charge in [-0.25, -0.2) is 0 Å². The van der Waals surface area contributed by atoms with Crippen LogP contribution >= 0.6 is 22.6 Å². The van der Waals surface area contributed by atoms with Gasteiger partial charge in [-0.15, -0.1) is 0 Å². The van der Waals surface area contributed by atoms with E-state index in [-0.39, 0.29) is 5.04 Å².